The van der Waals surface area contributed by atoms with Gasteiger partial charge in [-0.1, -0.05) is 35.0 Å². The molecule has 0 N–H and O–H groups in total. The zero-order valence-corrected chi connectivity index (χ0v) is 13.2. The van der Waals surface area contributed by atoms with Crippen LogP contribution in [0, 0.1) is 0 Å². The van der Waals surface area contributed by atoms with Crippen molar-refractivity contribution in [2.24, 2.45) is 0 Å². The van der Waals surface area contributed by atoms with Crippen LogP contribution < -0.4 is 0 Å². The zero-order valence-electron chi connectivity index (χ0n) is 10.9. The monoisotopic (exact) mass is 390 g/mol. The number of benzene rings is 2. The first-order valence-electron chi connectivity index (χ1n) is 5.90. The summed E-state index contributed by atoms with van der Waals surface area (Å²) in [5, 5.41) is -0.332. The molecule has 2 aromatic carbocycles. The first kappa shape index (κ1) is 18.3. The molecular weight excluding hydrogens is 385 g/mol. The van der Waals surface area contributed by atoms with Crippen molar-refractivity contribution in [1.29, 1.82) is 0 Å². The Morgan fingerprint density at radius 3 is 1.26 bits per heavy atom. The topological polar surface area (TPSA) is 0 Å². The first-order chi connectivity index (χ1) is 10.5. The van der Waals surface area contributed by atoms with Gasteiger partial charge in [-0.3, -0.25) is 0 Å². The molecular formula is C14H6Cl2F6S. The first-order valence-corrected chi connectivity index (χ1v) is 7.47. The van der Waals surface area contributed by atoms with E-state index >= 15 is 0 Å². The van der Waals surface area contributed by atoms with E-state index in [1.54, 1.807) is 0 Å². The Bertz CT molecular complexity index is 663. The largest absolute Gasteiger partial charge is 0.416 e. The highest BCUT2D eigenvalue weighted by Crippen LogP contribution is 2.41. The Labute approximate surface area is 141 Å². The lowest BCUT2D eigenvalue weighted by molar-refractivity contribution is -0.138. The van der Waals surface area contributed by atoms with Crippen LogP contribution in [-0.4, -0.2) is 0 Å². The van der Waals surface area contributed by atoms with Crippen molar-refractivity contribution in [1.82, 2.24) is 0 Å². The molecule has 0 nitrogen and oxygen atoms in total. The van der Waals surface area contributed by atoms with Crippen molar-refractivity contribution < 1.29 is 26.3 Å². The molecule has 0 atom stereocenters. The van der Waals surface area contributed by atoms with Gasteiger partial charge in [0.15, 0.2) is 0 Å². The molecule has 0 bridgehead atoms. The molecule has 124 valence electrons. The third-order valence-electron chi connectivity index (χ3n) is 2.74. The van der Waals surface area contributed by atoms with Crippen LogP contribution in [0.4, 0.5) is 26.3 Å². The lowest BCUT2D eigenvalue weighted by Gasteiger charge is -2.12. The molecule has 9 heteroatoms. The van der Waals surface area contributed by atoms with Crippen LogP contribution in [0.25, 0.3) is 0 Å². The van der Waals surface area contributed by atoms with Crippen LogP contribution in [0.5, 0.6) is 0 Å². The van der Waals surface area contributed by atoms with Crippen molar-refractivity contribution >= 4 is 35.0 Å². The van der Waals surface area contributed by atoms with E-state index < -0.39 is 23.5 Å². The van der Waals surface area contributed by atoms with E-state index in [4.69, 9.17) is 23.2 Å². The molecule has 0 heterocycles. The molecule has 0 aliphatic rings. The van der Waals surface area contributed by atoms with Gasteiger partial charge in [-0.15, -0.1) is 0 Å². The van der Waals surface area contributed by atoms with E-state index in [9.17, 15) is 26.3 Å². The highest BCUT2D eigenvalue weighted by molar-refractivity contribution is 7.99. The smallest absolute Gasteiger partial charge is 0.166 e. The maximum Gasteiger partial charge on any atom is 0.416 e. The van der Waals surface area contributed by atoms with Crippen molar-refractivity contribution in [3.05, 3.63) is 57.6 Å². The summed E-state index contributed by atoms with van der Waals surface area (Å²) in [4.78, 5) is 0.502. The molecule has 0 aliphatic carbocycles. The van der Waals surface area contributed by atoms with Gasteiger partial charge in [-0.25, -0.2) is 0 Å². The quantitative estimate of drug-likeness (QED) is 0.489. The fourth-order valence-electron chi connectivity index (χ4n) is 1.64. The van der Waals surface area contributed by atoms with Crippen LogP contribution in [0.3, 0.4) is 0 Å². The Hall–Kier alpha value is -1.05. The lowest BCUT2D eigenvalue weighted by Crippen LogP contribution is -2.04. The molecule has 0 saturated heterocycles. The van der Waals surface area contributed by atoms with Gasteiger partial charge in [-0.2, -0.15) is 26.3 Å². The van der Waals surface area contributed by atoms with Gasteiger partial charge >= 0.3 is 12.4 Å². The van der Waals surface area contributed by atoms with Gasteiger partial charge in [0.05, 0.1) is 21.2 Å². The normalized spacial score (nSPS) is 12.5. The third-order valence-corrected chi connectivity index (χ3v) is 4.74. The van der Waals surface area contributed by atoms with Gasteiger partial charge in [0, 0.05) is 9.79 Å². The van der Waals surface area contributed by atoms with Crippen LogP contribution in [0.15, 0.2) is 46.2 Å². The summed E-state index contributed by atoms with van der Waals surface area (Å²) in [7, 11) is 0. The van der Waals surface area contributed by atoms with E-state index in [1.807, 2.05) is 0 Å². The third kappa shape index (κ3) is 4.49. The van der Waals surface area contributed by atoms with Gasteiger partial charge in [0.2, 0.25) is 0 Å². The average molecular weight is 391 g/mol. The molecule has 2 aromatic rings. The summed E-state index contributed by atoms with van der Waals surface area (Å²) < 4.78 is 75.3. The van der Waals surface area contributed by atoms with Crippen LogP contribution in [0.2, 0.25) is 10.0 Å². The maximum absolute atomic E-state index is 12.6. The zero-order chi connectivity index (χ0) is 17.4. The Kier molecular flexibility index (Phi) is 5.13. The summed E-state index contributed by atoms with van der Waals surface area (Å²) in [6, 6.07) is 5.47. The van der Waals surface area contributed by atoms with E-state index in [2.05, 4.69) is 0 Å². The van der Waals surface area contributed by atoms with E-state index in [0.29, 0.717) is 0 Å². The SMILES string of the molecule is FC(F)(F)c1ccc(Sc2ccc(C(F)(F)F)cc2Cl)c(Cl)c1. The van der Waals surface area contributed by atoms with E-state index in [-0.39, 0.29) is 19.8 Å². The summed E-state index contributed by atoms with van der Waals surface area (Å²) in [6.07, 6.45) is -9.06. The predicted octanol–water partition coefficient (Wildman–Crippen LogP) is 7.18. The Morgan fingerprint density at radius 1 is 0.652 bits per heavy atom. The molecule has 0 amide bonds. The van der Waals surface area contributed by atoms with Crippen LogP contribution in [0.1, 0.15) is 11.1 Å². The molecule has 0 saturated carbocycles. The van der Waals surface area contributed by atoms with Crippen molar-refractivity contribution in [3.63, 3.8) is 0 Å². The lowest BCUT2D eigenvalue weighted by atomic mass is 10.2. The minimum absolute atomic E-state index is 0.166. The number of hydrogen-bond acceptors (Lipinski definition) is 1. The van der Waals surface area contributed by atoms with Gasteiger partial charge in [0.1, 0.15) is 0 Å². The standard InChI is InChI=1S/C14H6Cl2F6S/c15-9-5-7(13(17,18)19)1-3-11(9)23-12-4-2-8(6-10(12)16)14(20,21)22/h1-6H. The minimum atomic E-state index is -4.53. The summed E-state index contributed by atoms with van der Waals surface area (Å²) in [5.41, 5.74) is -1.82. The molecule has 23 heavy (non-hydrogen) atoms. The summed E-state index contributed by atoms with van der Waals surface area (Å²) in [6.45, 7) is 0. The molecule has 0 radical (unpaired) electrons. The summed E-state index contributed by atoms with van der Waals surface area (Å²) >= 11 is 12.5. The van der Waals surface area contributed by atoms with Gasteiger partial charge in [0.25, 0.3) is 0 Å². The highest BCUT2D eigenvalue weighted by Gasteiger charge is 2.32. The fraction of sp³-hybridized carbons (Fsp3) is 0.143. The molecule has 2 rings (SSSR count). The number of halogens is 8. The second-order valence-electron chi connectivity index (χ2n) is 4.39. The van der Waals surface area contributed by atoms with Crippen molar-refractivity contribution in [2.75, 3.05) is 0 Å². The number of hydrogen-bond donors (Lipinski definition) is 0. The number of alkyl halides is 6. The van der Waals surface area contributed by atoms with Crippen LogP contribution >= 0.6 is 35.0 Å². The second kappa shape index (κ2) is 6.45. The average Bonchev–Trinajstić information content (AvgIpc) is 2.40. The summed E-state index contributed by atoms with van der Waals surface area (Å²) in [5.74, 6) is 0. The Balaban J connectivity index is 2.30. The molecule has 0 aromatic heterocycles. The Morgan fingerprint density at radius 2 is 1.00 bits per heavy atom. The predicted molar refractivity (Wildman–Crippen MR) is 77.0 cm³/mol. The van der Waals surface area contributed by atoms with Crippen LogP contribution in [-0.2, 0) is 12.4 Å². The fourth-order valence-corrected chi connectivity index (χ4v) is 3.05. The second-order valence-corrected chi connectivity index (χ2v) is 6.29. The van der Waals surface area contributed by atoms with Gasteiger partial charge in [-0.05, 0) is 36.4 Å². The molecule has 0 aliphatic heterocycles. The minimum Gasteiger partial charge on any atom is -0.166 e. The van der Waals surface area contributed by atoms with Gasteiger partial charge < -0.3 is 0 Å². The highest BCUT2D eigenvalue weighted by atomic mass is 35.5. The molecule has 0 spiro atoms. The van der Waals surface area contributed by atoms with Crippen molar-refractivity contribution in [3.8, 4) is 0 Å². The molecule has 0 fully saturated rings. The van der Waals surface area contributed by atoms with Crippen molar-refractivity contribution in [2.45, 2.75) is 22.1 Å². The van der Waals surface area contributed by atoms with E-state index in [0.717, 1.165) is 48.2 Å². The van der Waals surface area contributed by atoms with E-state index in [1.165, 1.54) is 0 Å². The number of rotatable bonds is 2. The maximum atomic E-state index is 12.6. The molecule has 0 unspecified atom stereocenters.